The van der Waals surface area contributed by atoms with E-state index in [-0.39, 0.29) is 35.3 Å². The third-order valence-electron chi connectivity index (χ3n) is 5.53. The van der Waals surface area contributed by atoms with E-state index in [9.17, 15) is 22.8 Å². The molecule has 0 radical (unpaired) electrons. The smallest absolute Gasteiger partial charge is 0.279 e. The maximum Gasteiger partial charge on any atom is 0.421 e. The number of aromatic nitrogens is 6. The number of fused-ring (bicyclic) bond motifs is 3. The molecule has 31 heavy (non-hydrogen) atoms. The van der Waals surface area contributed by atoms with Gasteiger partial charge in [-0.3, -0.25) is 18.6 Å². The van der Waals surface area contributed by atoms with Crippen molar-refractivity contribution in [1.29, 1.82) is 0 Å². The van der Waals surface area contributed by atoms with Gasteiger partial charge in [0.05, 0.1) is 16.6 Å². The highest BCUT2D eigenvalue weighted by Gasteiger charge is 2.37. The van der Waals surface area contributed by atoms with Gasteiger partial charge < -0.3 is 0 Å². The number of nitrogens with zero attached hydrogens (tertiary/aromatic N) is 6. The first-order valence-electron chi connectivity index (χ1n) is 9.68. The molecule has 0 unspecified atom stereocenters. The van der Waals surface area contributed by atoms with Gasteiger partial charge in [-0.25, -0.2) is 4.68 Å². The molecule has 11 heteroatoms. The first-order valence-corrected chi connectivity index (χ1v) is 9.68. The van der Waals surface area contributed by atoms with Gasteiger partial charge in [-0.05, 0) is 38.0 Å². The molecular weight excluding hydrogens is 413 g/mol. The first kappa shape index (κ1) is 19.5. The fraction of sp³-hybridized carbons (Fsp3) is 0.350. The molecule has 3 heterocycles. The highest BCUT2D eigenvalue weighted by atomic mass is 19.4. The van der Waals surface area contributed by atoms with Crippen LogP contribution in [0.5, 0.6) is 0 Å². The van der Waals surface area contributed by atoms with Gasteiger partial charge in [0, 0.05) is 13.0 Å². The lowest BCUT2D eigenvalue weighted by atomic mass is 10.1. The van der Waals surface area contributed by atoms with Crippen LogP contribution in [0.3, 0.4) is 0 Å². The summed E-state index contributed by atoms with van der Waals surface area (Å²) in [4.78, 5) is 25.3. The summed E-state index contributed by atoms with van der Waals surface area (Å²) in [6.45, 7) is 1.53. The van der Waals surface area contributed by atoms with Crippen LogP contribution < -0.4 is 11.1 Å². The van der Waals surface area contributed by atoms with Crippen molar-refractivity contribution in [3.63, 3.8) is 0 Å². The van der Waals surface area contributed by atoms with Gasteiger partial charge in [0.25, 0.3) is 11.1 Å². The van der Waals surface area contributed by atoms with E-state index in [0.29, 0.717) is 10.9 Å². The minimum absolute atomic E-state index is 0.0762. The monoisotopic (exact) mass is 430 g/mol. The quantitative estimate of drug-likeness (QED) is 0.498. The Morgan fingerprint density at radius 2 is 1.84 bits per heavy atom. The lowest BCUT2D eigenvalue weighted by Gasteiger charge is -2.12. The van der Waals surface area contributed by atoms with Crippen molar-refractivity contribution in [3.8, 4) is 0 Å². The topological polar surface area (TPSA) is 87.1 Å². The summed E-state index contributed by atoms with van der Waals surface area (Å²) in [5.41, 5.74) is -1.12. The van der Waals surface area contributed by atoms with E-state index in [2.05, 4.69) is 15.3 Å². The van der Waals surface area contributed by atoms with E-state index < -0.39 is 17.3 Å². The molecule has 3 aromatic heterocycles. The zero-order valence-corrected chi connectivity index (χ0v) is 16.6. The highest BCUT2D eigenvalue weighted by molar-refractivity contribution is 5.81. The Kier molecular flexibility index (Phi) is 4.08. The molecule has 0 bridgehead atoms. The van der Waals surface area contributed by atoms with Gasteiger partial charge in [0.1, 0.15) is 12.1 Å². The maximum atomic E-state index is 13.5. The second-order valence-corrected chi connectivity index (χ2v) is 7.85. The molecule has 160 valence electrons. The molecular formula is C20H17F3N6O2. The number of benzene rings is 1. The van der Waals surface area contributed by atoms with Crippen LogP contribution in [-0.2, 0) is 19.8 Å². The zero-order valence-electron chi connectivity index (χ0n) is 16.6. The predicted octanol–water partition coefficient (Wildman–Crippen LogP) is 2.39. The molecule has 0 amide bonds. The second kappa shape index (κ2) is 6.50. The summed E-state index contributed by atoms with van der Waals surface area (Å²) in [7, 11) is 1.54. The minimum atomic E-state index is -4.79. The largest absolute Gasteiger partial charge is 0.421 e. The van der Waals surface area contributed by atoms with Gasteiger partial charge in [0.2, 0.25) is 5.78 Å². The summed E-state index contributed by atoms with van der Waals surface area (Å²) in [5, 5.41) is 12.7. The Morgan fingerprint density at radius 1 is 1.10 bits per heavy atom. The second-order valence-electron chi connectivity index (χ2n) is 7.85. The van der Waals surface area contributed by atoms with Crippen LogP contribution in [0.4, 0.5) is 13.2 Å². The highest BCUT2D eigenvalue weighted by Crippen LogP contribution is 2.40. The zero-order chi connectivity index (χ0) is 22.1. The number of hydrogen-bond donors (Lipinski definition) is 0. The SMILES string of the molecule is Cc1ccc2c(c1)c(=O)n(C)c1nnc(Cn3nc(C4CC4)cc(C(F)(F)F)c3=O)n21. The molecule has 0 atom stereocenters. The lowest BCUT2D eigenvalue weighted by molar-refractivity contribution is -0.139. The average molecular weight is 430 g/mol. The van der Waals surface area contributed by atoms with Crippen LogP contribution in [0, 0.1) is 6.92 Å². The molecule has 0 N–H and O–H groups in total. The predicted molar refractivity (Wildman–Crippen MR) is 105 cm³/mol. The standard InChI is InChI=1S/C20H17F3N6O2/c1-10-3-6-15-12(7-10)17(30)27(2)19-25-24-16(29(15)19)9-28-18(31)13(20(21,22)23)8-14(26-28)11-4-5-11/h3,6-8,11H,4-5,9H2,1-2H3. The molecule has 1 aliphatic rings. The molecule has 0 saturated heterocycles. The van der Waals surface area contributed by atoms with Crippen molar-refractivity contribution in [1.82, 2.24) is 28.9 Å². The van der Waals surface area contributed by atoms with E-state index in [1.807, 2.05) is 13.0 Å². The van der Waals surface area contributed by atoms with Crippen molar-refractivity contribution in [2.24, 2.45) is 7.05 Å². The van der Waals surface area contributed by atoms with Crippen LogP contribution >= 0.6 is 0 Å². The van der Waals surface area contributed by atoms with Crippen molar-refractivity contribution in [3.05, 3.63) is 67.6 Å². The Morgan fingerprint density at radius 3 is 2.52 bits per heavy atom. The molecule has 8 nitrogen and oxygen atoms in total. The summed E-state index contributed by atoms with van der Waals surface area (Å²) in [5.74, 6) is 0.349. The Hall–Kier alpha value is -3.50. The maximum absolute atomic E-state index is 13.5. The molecule has 4 aromatic rings. The summed E-state index contributed by atoms with van der Waals surface area (Å²) < 4.78 is 44.0. The summed E-state index contributed by atoms with van der Waals surface area (Å²) in [6, 6.07) is 6.11. The number of halogens is 3. The number of alkyl halides is 3. The van der Waals surface area contributed by atoms with Gasteiger partial charge in [0.15, 0.2) is 5.82 Å². The van der Waals surface area contributed by atoms with Crippen molar-refractivity contribution >= 4 is 16.7 Å². The molecule has 1 aromatic carbocycles. The molecule has 5 rings (SSSR count). The molecule has 0 aliphatic heterocycles. The van der Waals surface area contributed by atoms with Gasteiger partial charge >= 0.3 is 6.18 Å². The van der Waals surface area contributed by atoms with E-state index in [0.717, 1.165) is 29.2 Å². The van der Waals surface area contributed by atoms with E-state index in [4.69, 9.17) is 0 Å². The van der Waals surface area contributed by atoms with Crippen LogP contribution in [0.15, 0.2) is 33.9 Å². The van der Waals surface area contributed by atoms with Crippen LogP contribution in [0.1, 0.15) is 41.4 Å². The van der Waals surface area contributed by atoms with Crippen molar-refractivity contribution < 1.29 is 13.2 Å². The van der Waals surface area contributed by atoms with Crippen molar-refractivity contribution in [2.75, 3.05) is 0 Å². The normalized spacial score (nSPS) is 14.6. The lowest BCUT2D eigenvalue weighted by Crippen LogP contribution is -2.32. The minimum Gasteiger partial charge on any atom is -0.279 e. The van der Waals surface area contributed by atoms with Gasteiger partial charge in [-0.2, -0.15) is 18.3 Å². The Balaban J connectivity index is 1.74. The number of aryl methyl sites for hydroxylation is 2. The fourth-order valence-electron chi connectivity index (χ4n) is 3.75. The van der Waals surface area contributed by atoms with E-state index >= 15 is 0 Å². The van der Waals surface area contributed by atoms with Gasteiger partial charge in [-0.15, -0.1) is 10.2 Å². The van der Waals surface area contributed by atoms with Crippen LogP contribution in [0.25, 0.3) is 16.7 Å². The van der Waals surface area contributed by atoms with Crippen molar-refractivity contribution in [2.45, 2.75) is 38.4 Å². The van der Waals surface area contributed by atoms with Crippen LogP contribution in [0.2, 0.25) is 0 Å². The molecule has 0 spiro atoms. The summed E-state index contributed by atoms with van der Waals surface area (Å²) >= 11 is 0. The third kappa shape index (κ3) is 3.11. The molecule has 1 aliphatic carbocycles. The average Bonchev–Trinajstić information content (AvgIpc) is 3.47. The number of hydrogen-bond acceptors (Lipinski definition) is 5. The van der Waals surface area contributed by atoms with E-state index in [1.165, 1.54) is 11.6 Å². The van der Waals surface area contributed by atoms with Gasteiger partial charge in [-0.1, -0.05) is 11.6 Å². The Bertz CT molecular complexity index is 1480. The van der Waals surface area contributed by atoms with E-state index in [1.54, 1.807) is 16.5 Å². The molecule has 1 saturated carbocycles. The molecule has 1 fully saturated rings. The fourth-order valence-corrected chi connectivity index (χ4v) is 3.75. The Labute approximate surface area is 172 Å². The number of rotatable bonds is 3. The van der Waals surface area contributed by atoms with Crippen LogP contribution in [-0.4, -0.2) is 28.9 Å². The third-order valence-corrected chi connectivity index (χ3v) is 5.53. The summed E-state index contributed by atoms with van der Waals surface area (Å²) in [6.07, 6.45) is -3.31. The first-order chi connectivity index (χ1) is 14.6.